The summed E-state index contributed by atoms with van der Waals surface area (Å²) in [7, 11) is 0. The normalized spacial score (nSPS) is 27.1. The molecule has 110 valence electrons. The van der Waals surface area contributed by atoms with E-state index in [4.69, 9.17) is 31.5 Å². The summed E-state index contributed by atoms with van der Waals surface area (Å²) in [6, 6.07) is 3.47. The molecule has 3 atom stereocenters. The van der Waals surface area contributed by atoms with Gasteiger partial charge in [0.05, 0.1) is 25.4 Å². The fourth-order valence-corrected chi connectivity index (χ4v) is 3.09. The van der Waals surface area contributed by atoms with E-state index in [1.54, 1.807) is 6.07 Å². The molecule has 4 nitrogen and oxygen atoms in total. The van der Waals surface area contributed by atoms with Gasteiger partial charge in [0.2, 0.25) is 0 Å². The van der Waals surface area contributed by atoms with Crippen LogP contribution in [0.25, 0.3) is 0 Å². The van der Waals surface area contributed by atoms with Crippen molar-refractivity contribution >= 4 is 11.6 Å². The zero-order chi connectivity index (χ0) is 14.1. The van der Waals surface area contributed by atoms with Crippen LogP contribution in [0.2, 0.25) is 5.02 Å². The minimum atomic E-state index is -0.239. The standard InChI is InChI=1S/C15H20ClNO3/c1-9-3-6-20-15(9)14(17)10-7-12-13(8-11(10)16)19-5-2-4-18-12/h7-9,14-15H,2-6,17H2,1H3. The fourth-order valence-electron chi connectivity index (χ4n) is 2.81. The summed E-state index contributed by atoms with van der Waals surface area (Å²) in [5, 5.41) is 0.615. The maximum Gasteiger partial charge on any atom is 0.162 e. The van der Waals surface area contributed by atoms with Crippen LogP contribution in [-0.4, -0.2) is 25.9 Å². The highest BCUT2D eigenvalue weighted by atomic mass is 35.5. The molecule has 3 unspecified atom stereocenters. The predicted molar refractivity (Wildman–Crippen MR) is 77.5 cm³/mol. The number of halogens is 1. The first-order valence-electron chi connectivity index (χ1n) is 7.13. The molecule has 2 aliphatic rings. The van der Waals surface area contributed by atoms with Crippen LogP contribution < -0.4 is 15.2 Å². The average Bonchev–Trinajstić information content (AvgIpc) is 2.72. The Bertz CT molecular complexity index is 494. The third kappa shape index (κ3) is 2.60. The van der Waals surface area contributed by atoms with Crippen molar-refractivity contribution in [1.29, 1.82) is 0 Å². The molecular formula is C15H20ClNO3. The SMILES string of the molecule is CC1CCOC1C(N)c1cc2c(cc1Cl)OCCCO2. The van der Waals surface area contributed by atoms with Gasteiger partial charge in [0.1, 0.15) is 0 Å². The van der Waals surface area contributed by atoms with Gasteiger partial charge in [-0.3, -0.25) is 0 Å². The first-order valence-corrected chi connectivity index (χ1v) is 7.51. The minimum Gasteiger partial charge on any atom is -0.490 e. The molecule has 5 heteroatoms. The van der Waals surface area contributed by atoms with Crippen molar-refractivity contribution in [3.8, 4) is 11.5 Å². The lowest BCUT2D eigenvalue weighted by Gasteiger charge is -2.24. The first-order chi connectivity index (χ1) is 9.66. The van der Waals surface area contributed by atoms with Crippen LogP contribution in [0.15, 0.2) is 12.1 Å². The van der Waals surface area contributed by atoms with Gasteiger partial charge in [-0.15, -0.1) is 0 Å². The molecule has 3 rings (SSSR count). The lowest BCUT2D eigenvalue weighted by atomic mass is 9.93. The molecule has 0 aliphatic carbocycles. The van der Waals surface area contributed by atoms with Crippen LogP contribution in [0, 0.1) is 5.92 Å². The van der Waals surface area contributed by atoms with Crippen molar-refractivity contribution in [2.24, 2.45) is 11.7 Å². The fraction of sp³-hybridized carbons (Fsp3) is 0.600. The molecule has 1 aromatic rings. The van der Waals surface area contributed by atoms with E-state index >= 15 is 0 Å². The molecule has 0 radical (unpaired) electrons. The van der Waals surface area contributed by atoms with Crippen molar-refractivity contribution in [1.82, 2.24) is 0 Å². The number of ether oxygens (including phenoxy) is 3. The largest absolute Gasteiger partial charge is 0.490 e. The van der Waals surface area contributed by atoms with Gasteiger partial charge in [0, 0.05) is 24.1 Å². The summed E-state index contributed by atoms with van der Waals surface area (Å²) < 4.78 is 17.1. The first kappa shape index (κ1) is 14.0. The van der Waals surface area contributed by atoms with Crippen molar-refractivity contribution in [3.05, 3.63) is 22.7 Å². The molecule has 20 heavy (non-hydrogen) atoms. The molecule has 2 heterocycles. The number of benzene rings is 1. The molecule has 0 aromatic heterocycles. The Labute approximate surface area is 124 Å². The molecule has 0 amide bonds. The molecular weight excluding hydrogens is 278 g/mol. The third-order valence-electron chi connectivity index (χ3n) is 4.02. The van der Waals surface area contributed by atoms with Crippen LogP contribution in [0.5, 0.6) is 11.5 Å². The second-order valence-electron chi connectivity index (χ2n) is 5.50. The highest BCUT2D eigenvalue weighted by Crippen LogP contribution is 2.40. The van der Waals surface area contributed by atoms with Gasteiger partial charge >= 0.3 is 0 Å². The van der Waals surface area contributed by atoms with Crippen molar-refractivity contribution < 1.29 is 14.2 Å². The van der Waals surface area contributed by atoms with Crippen molar-refractivity contribution in [3.63, 3.8) is 0 Å². The van der Waals surface area contributed by atoms with Crippen LogP contribution in [0.1, 0.15) is 31.4 Å². The zero-order valence-electron chi connectivity index (χ0n) is 11.6. The summed E-state index contributed by atoms with van der Waals surface area (Å²) >= 11 is 6.36. The summed E-state index contributed by atoms with van der Waals surface area (Å²) in [5.41, 5.74) is 7.23. The lowest BCUT2D eigenvalue weighted by molar-refractivity contribution is 0.0724. The summed E-state index contributed by atoms with van der Waals surface area (Å²) in [4.78, 5) is 0. The van der Waals surface area contributed by atoms with E-state index in [9.17, 15) is 0 Å². The van der Waals surface area contributed by atoms with Crippen LogP contribution in [0.3, 0.4) is 0 Å². The van der Waals surface area contributed by atoms with Gasteiger partial charge in [-0.2, -0.15) is 0 Å². The van der Waals surface area contributed by atoms with Crippen LogP contribution in [-0.2, 0) is 4.74 Å². The summed E-state index contributed by atoms with van der Waals surface area (Å²) in [5.74, 6) is 1.86. The lowest BCUT2D eigenvalue weighted by Crippen LogP contribution is -2.30. The van der Waals surface area contributed by atoms with E-state index in [1.165, 1.54) is 0 Å². The van der Waals surface area contributed by atoms with Crippen LogP contribution in [0.4, 0.5) is 0 Å². The molecule has 0 saturated carbocycles. The van der Waals surface area contributed by atoms with Gasteiger partial charge in [-0.1, -0.05) is 18.5 Å². The van der Waals surface area contributed by atoms with Crippen molar-refractivity contribution in [2.75, 3.05) is 19.8 Å². The quantitative estimate of drug-likeness (QED) is 0.912. The third-order valence-corrected chi connectivity index (χ3v) is 4.35. The zero-order valence-corrected chi connectivity index (χ0v) is 12.4. The highest BCUT2D eigenvalue weighted by molar-refractivity contribution is 6.31. The second-order valence-corrected chi connectivity index (χ2v) is 5.91. The molecule has 1 aromatic carbocycles. The smallest absolute Gasteiger partial charge is 0.162 e. The number of hydrogen-bond acceptors (Lipinski definition) is 4. The average molecular weight is 298 g/mol. The topological polar surface area (TPSA) is 53.7 Å². The van der Waals surface area contributed by atoms with Gasteiger partial charge in [-0.25, -0.2) is 0 Å². The van der Waals surface area contributed by atoms with E-state index in [1.807, 2.05) is 6.07 Å². The van der Waals surface area contributed by atoms with Crippen molar-refractivity contribution in [2.45, 2.75) is 31.9 Å². The molecule has 1 fully saturated rings. The molecule has 1 saturated heterocycles. The highest BCUT2D eigenvalue weighted by Gasteiger charge is 2.32. The molecule has 0 spiro atoms. The second kappa shape index (κ2) is 5.80. The molecule has 2 N–H and O–H groups in total. The maximum atomic E-state index is 6.36. The Morgan fingerprint density at radius 2 is 1.90 bits per heavy atom. The monoisotopic (exact) mass is 297 g/mol. The summed E-state index contributed by atoms with van der Waals surface area (Å²) in [6.07, 6.45) is 1.93. The Balaban J connectivity index is 1.91. The number of nitrogens with two attached hydrogens (primary N) is 1. The van der Waals surface area contributed by atoms with Gasteiger partial charge in [-0.05, 0) is 24.0 Å². The van der Waals surface area contributed by atoms with E-state index < -0.39 is 0 Å². The van der Waals surface area contributed by atoms with Crippen LogP contribution >= 0.6 is 11.6 Å². The Morgan fingerprint density at radius 1 is 1.20 bits per heavy atom. The van der Waals surface area contributed by atoms with Gasteiger partial charge < -0.3 is 19.9 Å². The predicted octanol–water partition coefficient (Wildman–Crippen LogP) is 2.93. The number of hydrogen-bond donors (Lipinski definition) is 1. The van der Waals surface area contributed by atoms with E-state index in [0.717, 1.165) is 30.8 Å². The van der Waals surface area contributed by atoms with Gasteiger partial charge in [0.25, 0.3) is 0 Å². The number of rotatable bonds is 2. The maximum absolute atomic E-state index is 6.36. The Morgan fingerprint density at radius 3 is 2.55 bits per heavy atom. The van der Waals surface area contributed by atoms with Gasteiger partial charge in [0.15, 0.2) is 11.5 Å². The molecule has 2 aliphatic heterocycles. The Hall–Kier alpha value is -0.970. The van der Waals surface area contributed by atoms with E-state index in [2.05, 4.69) is 6.92 Å². The van der Waals surface area contributed by atoms with E-state index in [-0.39, 0.29) is 12.1 Å². The Kier molecular flexibility index (Phi) is 4.06. The number of fused-ring (bicyclic) bond motifs is 1. The molecule has 0 bridgehead atoms. The summed E-state index contributed by atoms with van der Waals surface area (Å²) in [6.45, 7) is 4.23. The van der Waals surface area contributed by atoms with E-state index in [0.29, 0.717) is 29.9 Å². The minimum absolute atomic E-state index is 0.0113.